The molecule has 1 fully saturated rings. The predicted molar refractivity (Wildman–Crippen MR) is 118 cm³/mol. The number of rotatable bonds is 7. The highest BCUT2D eigenvalue weighted by atomic mass is 16.6. The summed E-state index contributed by atoms with van der Waals surface area (Å²) in [5, 5.41) is 14.1. The van der Waals surface area contributed by atoms with Gasteiger partial charge in [-0.2, -0.15) is 0 Å². The van der Waals surface area contributed by atoms with Gasteiger partial charge in [-0.3, -0.25) is 14.9 Å². The number of benzene rings is 2. The maximum absolute atomic E-state index is 12.5. The molecule has 1 aliphatic rings. The third-order valence-electron chi connectivity index (χ3n) is 5.67. The van der Waals surface area contributed by atoms with Crippen molar-refractivity contribution in [1.29, 1.82) is 0 Å². The van der Waals surface area contributed by atoms with Crippen LogP contribution in [0.1, 0.15) is 16.7 Å². The zero-order valence-corrected chi connectivity index (χ0v) is 17.6. The van der Waals surface area contributed by atoms with Gasteiger partial charge in [-0.05, 0) is 42.7 Å². The van der Waals surface area contributed by atoms with Crippen LogP contribution in [0.25, 0.3) is 6.08 Å². The minimum atomic E-state index is -0.444. The summed E-state index contributed by atoms with van der Waals surface area (Å²) in [6, 6.07) is 13.5. The van der Waals surface area contributed by atoms with Crippen LogP contribution in [-0.2, 0) is 4.79 Å². The molecule has 0 spiro atoms. The van der Waals surface area contributed by atoms with Gasteiger partial charge in [0.25, 0.3) is 11.6 Å². The Morgan fingerprint density at radius 2 is 1.70 bits per heavy atom. The van der Waals surface area contributed by atoms with Crippen molar-refractivity contribution in [1.82, 2.24) is 0 Å². The predicted octanol–water partition coefficient (Wildman–Crippen LogP) is 0.647. The summed E-state index contributed by atoms with van der Waals surface area (Å²) in [7, 11) is 0. The molecule has 0 bridgehead atoms. The molecule has 1 aliphatic heterocycles. The number of hydrogen-bond acceptors (Lipinski definition) is 3. The second-order valence-corrected chi connectivity index (χ2v) is 7.95. The lowest BCUT2D eigenvalue weighted by atomic mass is 10.1. The average molecular weight is 411 g/mol. The van der Waals surface area contributed by atoms with Crippen LogP contribution in [0.15, 0.2) is 48.5 Å². The largest absolute Gasteiger partial charge is 0.322 e. The molecular weight excluding hydrogens is 380 g/mol. The van der Waals surface area contributed by atoms with Crippen molar-refractivity contribution in [2.24, 2.45) is 0 Å². The van der Waals surface area contributed by atoms with Crippen molar-refractivity contribution < 1.29 is 19.5 Å². The van der Waals surface area contributed by atoms with Crippen LogP contribution in [0.5, 0.6) is 0 Å². The number of anilines is 1. The normalized spacial score (nSPS) is 19.0. The van der Waals surface area contributed by atoms with Crippen LogP contribution in [0.2, 0.25) is 0 Å². The second-order valence-electron chi connectivity index (χ2n) is 7.95. The van der Waals surface area contributed by atoms with E-state index in [2.05, 4.69) is 29.6 Å². The molecule has 7 nitrogen and oxygen atoms in total. The summed E-state index contributed by atoms with van der Waals surface area (Å²) in [6.45, 7) is 8.86. The molecular formula is C23H30N4O3+2. The molecule has 0 atom stereocenters. The first kappa shape index (κ1) is 21.7. The molecule has 158 valence electrons. The van der Waals surface area contributed by atoms with E-state index in [-0.39, 0.29) is 17.3 Å². The van der Waals surface area contributed by atoms with Crippen molar-refractivity contribution in [2.75, 3.05) is 44.6 Å². The maximum Gasteiger partial charge on any atom is 0.293 e. The Morgan fingerprint density at radius 1 is 1.07 bits per heavy atom. The Morgan fingerprint density at radius 3 is 2.37 bits per heavy atom. The highest BCUT2D eigenvalue weighted by Crippen LogP contribution is 2.27. The summed E-state index contributed by atoms with van der Waals surface area (Å²) >= 11 is 0. The first-order valence-corrected chi connectivity index (χ1v) is 10.4. The van der Waals surface area contributed by atoms with Gasteiger partial charge in [-0.1, -0.05) is 36.4 Å². The van der Waals surface area contributed by atoms with Crippen LogP contribution < -0.4 is 15.1 Å². The Labute approximate surface area is 177 Å². The van der Waals surface area contributed by atoms with Crippen LogP contribution >= 0.6 is 0 Å². The molecule has 0 aliphatic carbocycles. The number of piperazine rings is 1. The number of hydrogen-bond donors (Lipinski definition) is 3. The summed E-state index contributed by atoms with van der Waals surface area (Å²) in [5.74, 6) is -0.177. The molecule has 0 aromatic heterocycles. The molecule has 1 amide bonds. The van der Waals surface area contributed by atoms with E-state index in [0.29, 0.717) is 6.54 Å². The lowest BCUT2D eigenvalue weighted by Crippen LogP contribution is -3.28. The SMILES string of the molecule is Cc1cc(NC(=O)C[NH+]2CC[NH+](C/C=C/c3ccccc3)CC2)c([N+](=O)[O-])cc1C. The van der Waals surface area contributed by atoms with E-state index >= 15 is 0 Å². The van der Waals surface area contributed by atoms with Crippen molar-refractivity contribution in [3.8, 4) is 0 Å². The molecule has 3 N–H and O–H groups in total. The van der Waals surface area contributed by atoms with Crippen molar-refractivity contribution in [3.63, 3.8) is 0 Å². The fraction of sp³-hybridized carbons (Fsp3) is 0.348. The van der Waals surface area contributed by atoms with E-state index in [0.717, 1.165) is 43.9 Å². The lowest BCUT2D eigenvalue weighted by Gasteiger charge is -2.28. The monoisotopic (exact) mass is 410 g/mol. The van der Waals surface area contributed by atoms with Crippen LogP contribution in [0, 0.1) is 24.0 Å². The minimum absolute atomic E-state index is 0.0547. The number of nitrogens with zero attached hydrogens (tertiary/aromatic N) is 1. The van der Waals surface area contributed by atoms with Gasteiger partial charge < -0.3 is 15.1 Å². The first-order chi connectivity index (χ1) is 14.4. The first-order valence-electron chi connectivity index (χ1n) is 10.4. The smallest absolute Gasteiger partial charge is 0.293 e. The van der Waals surface area contributed by atoms with Gasteiger partial charge in [0.1, 0.15) is 31.9 Å². The molecule has 7 heteroatoms. The van der Waals surface area contributed by atoms with Crippen molar-refractivity contribution >= 4 is 23.4 Å². The summed E-state index contributed by atoms with van der Waals surface area (Å²) < 4.78 is 0. The molecule has 2 aromatic carbocycles. The van der Waals surface area contributed by atoms with Gasteiger partial charge >= 0.3 is 0 Å². The van der Waals surface area contributed by atoms with E-state index in [1.54, 1.807) is 6.07 Å². The molecule has 0 radical (unpaired) electrons. The number of quaternary nitrogens is 2. The van der Waals surface area contributed by atoms with E-state index in [9.17, 15) is 14.9 Å². The van der Waals surface area contributed by atoms with Crippen molar-refractivity contribution in [2.45, 2.75) is 13.8 Å². The quantitative estimate of drug-likeness (QED) is 0.463. The lowest BCUT2D eigenvalue weighted by molar-refractivity contribution is -1.01. The summed E-state index contributed by atoms with van der Waals surface area (Å²) in [6.07, 6.45) is 4.36. The van der Waals surface area contributed by atoms with Gasteiger partial charge in [-0.15, -0.1) is 0 Å². The standard InChI is InChI=1S/C23H28N4O3/c1-18-15-21(22(27(29)30)16-19(18)2)24-23(28)17-26-13-11-25(12-14-26)10-6-9-20-7-4-3-5-8-20/h3-9,15-16H,10-14,17H2,1-2H3,(H,24,28)/p+2/b9-6+. The number of nitrogens with one attached hydrogen (secondary N) is 3. The number of carbonyl (C=O) groups excluding carboxylic acids is 1. The minimum Gasteiger partial charge on any atom is -0.322 e. The van der Waals surface area contributed by atoms with Gasteiger partial charge in [0.2, 0.25) is 0 Å². The third-order valence-corrected chi connectivity index (χ3v) is 5.67. The molecule has 2 aromatic rings. The highest BCUT2D eigenvalue weighted by molar-refractivity contribution is 5.94. The van der Waals surface area contributed by atoms with E-state index in [1.165, 1.54) is 21.4 Å². The molecule has 3 rings (SSSR count). The molecule has 1 heterocycles. The Hall–Kier alpha value is -3.03. The molecule has 30 heavy (non-hydrogen) atoms. The highest BCUT2D eigenvalue weighted by Gasteiger charge is 2.25. The Kier molecular flexibility index (Phi) is 7.32. The summed E-state index contributed by atoms with van der Waals surface area (Å²) in [5.41, 5.74) is 3.19. The fourth-order valence-corrected chi connectivity index (χ4v) is 3.74. The number of carbonyl (C=O) groups is 1. The van der Waals surface area contributed by atoms with E-state index in [4.69, 9.17) is 0 Å². The zero-order valence-electron chi connectivity index (χ0n) is 17.6. The van der Waals surface area contributed by atoms with Crippen LogP contribution in [-0.4, -0.2) is 50.1 Å². The number of amides is 1. The van der Waals surface area contributed by atoms with Gasteiger partial charge in [-0.25, -0.2) is 0 Å². The van der Waals surface area contributed by atoms with Crippen molar-refractivity contribution in [3.05, 3.63) is 75.3 Å². The van der Waals surface area contributed by atoms with Crippen LogP contribution in [0.3, 0.4) is 0 Å². The molecule has 0 saturated carbocycles. The number of nitro benzene ring substituents is 1. The van der Waals surface area contributed by atoms with E-state index in [1.807, 2.05) is 32.0 Å². The summed E-state index contributed by atoms with van der Waals surface area (Å²) in [4.78, 5) is 26.1. The van der Waals surface area contributed by atoms with Gasteiger partial charge in [0, 0.05) is 6.07 Å². The maximum atomic E-state index is 12.5. The Bertz CT molecular complexity index is 920. The Balaban J connectivity index is 1.47. The second kappa shape index (κ2) is 10.1. The number of nitro groups is 1. The molecule has 1 saturated heterocycles. The average Bonchev–Trinajstić information content (AvgIpc) is 2.72. The van der Waals surface area contributed by atoms with E-state index < -0.39 is 4.92 Å². The topological polar surface area (TPSA) is 81.1 Å². The molecule has 0 unspecified atom stereocenters. The van der Waals surface area contributed by atoms with Gasteiger partial charge in [0.05, 0.1) is 11.5 Å². The van der Waals surface area contributed by atoms with Crippen LogP contribution in [0.4, 0.5) is 11.4 Å². The van der Waals surface area contributed by atoms with Gasteiger partial charge in [0.15, 0.2) is 6.54 Å². The third kappa shape index (κ3) is 5.98. The number of aryl methyl sites for hydroxylation is 2. The zero-order chi connectivity index (χ0) is 21.5. The fourth-order valence-electron chi connectivity index (χ4n) is 3.74.